The van der Waals surface area contributed by atoms with Crippen LogP contribution < -0.4 is 11.1 Å². The van der Waals surface area contributed by atoms with Gasteiger partial charge in [0.25, 0.3) is 0 Å². The minimum Gasteiger partial charge on any atom is -0.481 e. The number of carboxylic acid groups (broad SMARTS) is 2. The number of carbonyl (C=O) groups is 3. The number of carboxylic acids is 2. The molecule has 0 aliphatic carbocycles. The maximum atomic E-state index is 12.0. The third-order valence-corrected chi connectivity index (χ3v) is 3.72. The Hall–Kier alpha value is -2.87. The van der Waals surface area contributed by atoms with Gasteiger partial charge in [0, 0.05) is 29.9 Å². The number of hydrogen-bond acceptors (Lipinski definition) is 4. The lowest BCUT2D eigenvalue weighted by atomic mass is 10.0. The summed E-state index contributed by atoms with van der Waals surface area (Å²) in [6, 6.07) is 5.23. The quantitative estimate of drug-likeness (QED) is 0.475. The molecule has 8 nitrogen and oxygen atoms in total. The molecule has 1 amide bonds. The van der Waals surface area contributed by atoms with E-state index in [0.717, 1.165) is 16.5 Å². The molecule has 0 saturated carbocycles. The van der Waals surface area contributed by atoms with Crippen molar-refractivity contribution in [2.45, 2.75) is 31.3 Å². The summed E-state index contributed by atoms with van der Waals surface area (Å²) in [5.74, 6) is -2.92. The van der Waals surface area contributed by atoms with Crippen molar-refractivity contribution in [2.24, 2.45) is 5.73 Å². The van der Waals surface area contributed by atoms with E-state index in [4.69, 9.17) is 10.8 Å². The zero-order valence-electron chi connectivity index (χ0n) is 12.9. The van der Waals surface area contributed by atoms with Crippen LogP contribution in [0, 0.1) is 0 Å². The topological polar surface area (TPSA) is 146 Å². The SMILES string of the molecule is NC(CCC(=O)O)C(=O)NC(Cc1c[nH]c2ccccc12)C(=O)O. The van der Waals surface area contributed by atoms with Gasteiger partial charge in [-0.2, -0.15) is 0 Å². The number of aliphatic carboxylic acids is 2. The number of carbonyl (C=O) groups excluding carboxylic acids is 1. The molecule has 2 aromatic rings. The van der Waals surface area contributed by atoms with Gasteiger partial charge in [-0.1, -0.05) is 18.2 Å². The summed E-state index contributed by atoms with van der Waals surface area (Å²) in [5.41, 5.74) is 7.24. The molecule has 128 valence electrons. The molecule has 6 N–H and O–H groups in total. The summed E-state index contributed by atoms with van der Waals surface area (Å²) < 4.78 is 0. The lowest BCUT2D eigenvalue weighted by Crippen LogP contribution is -2.49. The first kappa shape index (κ1) is 17.5. The van der Waals surface area contributed by atoms with Crippen LogP contribution in [0.25, 0.3) is 10.9 Å². The van der Waals surface area contributed by atoms with E-state index < -0.39 is 29.9 Å². The van der Waals surface area contributed by atoms with E-state index >= 15 is 0 Å². The fourth-order valence-corrected chi connectivity index (χ4v) is 2.41. The second-order valence-electron chi connectivity index (χ2n) is 5.50. The molecule has 0 aliphatic rings. The van der Waals surface area contributed by atoms with Gasteiger partial charge in [0.15, 0.2) is 0 Å². The van der Waals surface area contributed by atoms with Crippen molar-refractivity contribution in [3.63, 3.8) is 0 Å². The van der Waals surface area contributed by atoms with Crippen LogP contribution in [0.2, 0.25) is 0 Å². The number of H-pyrrole nitrogens is 1. The number of nitrogens with one attached hydrogen (secondary N) is 2. The summed E-state index contributed by atoms with van der Waals surface area (Å²) in [7, 11) is 0. The van der Waals surface area contributed by atoms with Crippen LogP contribution in [0.1, 0.15) is 18.4 Å². The van der Waals surface area contributed by atoms with Crippen molar-refractivity contribution < 1.29 is 24.6 Å². The van der Waals surface area contributed by atoms with Crippen molar-refractivity contribution in [3.05, 3.63) is 36.0 Å². The van der Waals surface area contributed by atoms with Crippen molar-refractivity contribution in [1.29, 1.82) is 0 Å². The zero-order valence-corrected chi connectivity index (χ0v) is 12.9. The normalized spacial score (nSPS) is 13.4. The number of rotatable bonds is 8. The highest BCUT2D eigenvalue weighted by Crippen LogP contribution is 2.19. The first-order valence-corrected chi connectivity index (χ1v) is 7.44. The molecule has 2 rings (SSSR count). The van der Waals surface area contributed by atoms with Crippen LogP contribution in [0.5, 0.6) is 0 Å². The van der Waals surface area contributed by atoms with E-state index in [0.29, 0.717) is 0 Å². The molecule has 2 atom stereocenters. The molecule has 0 fully saturated rings. The molecule has 0 aliphatic heterocycles. The van der Waals surface area contributed by atoms with Gasteiger partial charge >= 0.3 is 11.9 Å². The summed E-state index contributed by atoms with van der Waals surface area (Å²) in [6.07, 6.45) is 1.49. The monoisotopic (exact) mass is 333 g/mol. The standard InChI is InChI=1S/C16H19N3O5/c17-11(5-6-14(20)21)15(22)19-13(16(23)24)7-9-8-18-12-4-2-1-3-10(9)12/h1-4,8,11,13,18H,5-7,17H2,(H,19,22)(H,20,21)(H,23,24). The summed E-state index contributed by atoms with van der Waals surface area (Å²) in [5, 5.41) is 21.2. The number of fused-ring (bicyclic) bond motifs is 1. The molecular formula is C16H19N3O5. The first-order chi connectivity index (χ1) is 11.4. The zero-order chi connectivity index (χ0) is 17.7. The second kappa shape index (κ2) is 7.60. The number of nitrogens with two attached hydrogens (primary N) is 1. The Bertz CT molecular complexity index is 755. The van der Waals surface area contributed by atoms with E-state index in [9.17, 15) is 19.5 Å². The molecule has 8 heteroatoms. The van der Waals surface area contributed by atoms with Crippen LogP contribution >= 0.6 is 0 Å². The van der Waals surface area contributed by atoms with Gasteiger partial charge < -0.3 is 26.2 Å². The fraction of sp³-hybridized carbons (Fsp3) is 0.312. The number of hydrogen-bond donors (Lipinski definition) is 5. The molecule has 24 heavy (non-hydrogen) atoms. The minimum absolute atomic E-state index is 0.0550. The van der Waals surface area contributed by atoms with Crippen LogP contribution in [0.15, 0.2) is 30.5 Å². The van der Waals surface area contributed by atoms with Gasteiger partial charge in [0.1, 0.15) is 6.04 Å². The Balaban J connectivity index is 2.05. The highest BCUT2D eigenvalue weighted by molar-refractivity contribution is 5.88. The Morgan fingerprint density at radius 2 is 1.92 bits per heavy atom. The number of aromatic amines is 1. The molecule has 1 aromatic heterocycles. The first-order valence-electron chi connectivity index (χ1n) is 7.44. The number of benzene rings is 1. The van der Waals surface area contributed by atoms with Gasteiger partial charge in [0.2, 0.25) is 5.91 Å². The van der Waals surface area contributed by atoms with Crippen LogP contribution in [0.4, 0.5) is 0 Å². The van der Waals surface area contributed by atoms with Crippen molar-refractivity contribution >= 4 is 28.7 Å². The maximum Gasteiger partial charge on any atom is 0.326 e. The number of aromatic nitrogens is 1. The Morgan fingerprint density at radius 1 is 1.21 bits per heavy atom. The van der Waals surface area contributed by atoms with Gasteiger partial charge in [-0.25, -0.2) is 4.79 Å². The van der Waals surface area contributed by atoms with Gasteiger partial charge in [-0.3, -0.25) is 9.59 Å². The van der Waals surface area contributed by atoms with Gasteiger partial charge in [-0.05, 0) is 18.1 Å². The fourth-order valence-electron chi connectivity index (χ4n) is 2.41. The van der Waals surface area contributed by atoms with Crippen molar-refractivity contribution in [1.82, 2.24) is 10.3 Å². The maximum absolute atomic E-state index is 12.0. The van der Waals surface area contributed by atoms with Crippen molar-refractivity contribution in [2.75, 3.05) is 0 Å². The van der Waals surface area contributed by atoms with E-state index in [2.05, 4.69) is 10.3 Å². The molecule has 0 radical (unpaired) electrons. The summed E-state index contributed by atoms with van der Waals surface area (Å²) in [6.45, 7) is 0. The van der Waals surface area contributed by atoms with E-state index in [1.54, 1.807) is 6.20 Å². The van der Waals surface area contributed by atoms with Gasteiger partial charge in [0.05, 0.1) is 6.04 Å². The third-order valence-electron chi connectivity index (χ3n) is 3.72. The van der Waals surface area contributed by atoms with Crippen LogP contribution in [-0.2, 0) is 20.8 Å². The smallest absolute Gasteiger partial charge is 0.326 e. The highest BCUT2D eigenvalue weighted by atomic mass is 16.4. The largest absolute Gasteiger partial charge is 0.481 e. The molecule has 2 unspecified atom stereocenters. The third kappa shape index (κ3) is 4.32. The molecule has 1 aromatic carbocycles. The average Bonchev–Trinajstić information content (AvgIpc) is 2.94. The van der Waals surface area contributed by atoms with E-state index in [-0.39, 0.29) is 19.3 Å². The molecule has 0 spiro atoms. The Morgan fingerprint density at radius 3 is 2.58 bits per heavy atom. The average molecular weight is 333 g/mol. The predicted octanol–water partition coefficient (Wildman–Crippen LogP) is 0.472. The number of amides is 1. The summed E-state index contributed by atoms with van der Waals surface area (Å²) in [4.78, 5) is 36.9. The Labute approximate surface area is 137 Å². The van der Waals surface area contributed by atoms with Crippen LogP contribution in [0.3, 0.4) is 0 Å². The molecule has 0 bridgehead atoms. The van der Waals surface area contributed by atoms with Crippen LogP contribution in [-0.4, -0.2) is 45.1 Å². The summed E-state index contributed by atoms with van der Waals surface area (Å²) >= 11 is 0. The Kier molecular flexibility index (Phi) is 5.54. The minimum atomic E-state index is -1.18. The number of para-hydroxylation sites is 1. The van der Waals surface area contributed by atoms with Gasteiger partial charge in [-0.15, -0.1) is 0 Å². The van der Waals surface area contributed by atoms with E-state index in [1.165, 1.54) is 0 Å². The lowest BCUT2D eigenvalue weighted by Gasteiger charge is -2.17. The van der Waals surface area contributed by atoms with E-state index in [1.807, 2.05) is 24.3 Å². The molecule has 0 saturated heterocycles. The lowest BCUT2D eigenvalue weighted by molar-refractivity contribution is -0.142. The predicted molar refractivity (Wildman–Crippen MR) is 86.4 cm³/mol. The molecular weight excluding hydrogens is 314 g/mol. The van der Waals surface area contributed by atoms with Crippen molar-refractivity contribution in [3.8, 4) is 0 Å². The molecule has 1 heterocycles. The second-order valence-corrected chi connectivity index (χ2v) is 5.50. The highest BCUT2D eigenvalue weighted by Gasteiger charge is 2.24.